The van der Waals surface area contributed by atoms with E-state index >= 15 is 0 Å². The SMILES string of the molecule is C[C@@H]1OC(OP(=O)(O)OP(=O)(O)OC[C@H]2O[C@@H](n3cnc4c(=O)[nH]c(N)nc43)[C@H](O)[C@@H]2O)[C@@H](O)[C@H](O)C1=O. The Morgan fingerprint density at radius 2 is 1.79 bits per heavy atom. The zero-order chi connectivity index (χ0) is 28.2. The molecule has 38 heavy (non-hydrogen) atoms. The standard InChI is InChI=1S/C16H23N5O15P2/c1-4-7(22)9(24)11(26)15(33-4)35-38(30,31)36-37(28,29)32-2-5-8(23)10(25)14(34-5)21-3-18-6-12(21)19-16(17)20-13(6)27/h3-5,8-11,14-15,23-26H,2H2,1H3,(H,28,29)(H,30,31)(H3,17,19,20,27)/t4-,5+,8+,9+,10+,11-,14+,15?/m0/s1. The van der Waals surface area contributed by atoms with Crippen LogP contribution in [0.2, 0.25) is 0 Å². The van der Waals surface area contributed by atoms with Crippen LogP contribution in [-0.2, 0) is 36.8 Å². The quantitative estimate of drug-likeness (QED) is 0.140. The lowest BCUT2D eigenvalue weighted by Crippen LogP contribution is -2.54. The first-order valence-electron chi connectivity index (χ1n) is 10.6. The van der Waals surface area contributed by atoms with Crippen molar-refractivity contribution in [2.45, 2.75) is 56.1 Å². The lowest BCUT2D eigenvalue weighted by molar-refractivity contribution is -0.226. The van der Waals surface area contributed by atoms with Crippen LogP contribution in [0.15, 0.2) is 11.1 Å². The maximum absolute atomic E-state index is 12.3. The van der Waals surface area contributed by atoms with Gasteiger partial charge in [0.15, 0.2) is 29.5 Å². The minimum atomic E-state index is -5.53. The summed E-state index contributed by atoms with van der Waals surface area (Å²) in [5.41, 5.74) is 4.57. The Morgan fingerprint density at radius 1 is 1.11 bits per heavy atom. The monoisotopic (exact) mass is 587 g/mol. The molecule has 2 fully saturated rings. The Hall–Kier alpha value is -2.16. The Bertz CT molecular complexity index is 1370. The molecule has 212 valence electrons. The van der Waals surface area contributed by atoms with Crippen molar-refractivity contribution < 1.29 is 67.0 Å². The zero-order valence-corrected chi connectivity index (χ0v) is 20.9. The number of ether oxygens (including phenoxy) is 2. The van der Waals surface area contributed by atoms with Gasteiger partial charge in [0, 0.05) is 0 Å². The summed E-state index contributed by atoms with van der Waals surface area (Å²) in [7, 11) is -11.0. The number of nitrogen functional groups attached to an aromatic ring is 1. The van der Waals surface area contributed by atoms with Crippen LogP contribution in [0.5, 0.6) is 0 Å². The summed E-state index contributed by atoms with van der Waals surface area (Å²) in [6.45, 7) is 0.180. The molecule has 0 bridgehead atoms. The smallest absolute Gasteiger partial charge is 0.387 e. The molecule has 2 aromatic rings. The number of nitrogens with zero attached hydrogens (tertiary/aromatic N) is 3. The number of aliphatic hydroxyl groups is 4. The van der Waals surface area contributed by atoms with E-state index in [1.807, 2.05) is 0 Å². The highest BCUT2D eigenvalue weighted by atomic mass is 31.3. The van der Waals surface area contributed by atoms with Gasteiger partial charge in [-0.15, -0.1) is 0 Å². The highest BCUT2D eigenvalue weighted by Crippen LogP contribution is 2.61. The maximum atomic E-state index is 12.3. The Kier molecular flexibility index (Phi) is 7.92. The fraction of sp³-hybridized carbons (Fsp3) is 0.625. The van der Waals surface area contributed by atoms with E-state index in [2.05, 4.69) is 28.3 Å². The molecule has 0 saturated carbocycles. The Labute approximate surface area is 210 Å². The molecule has 22 heteroatoms. The number of aromatic amines is 1. The summed E-state index contributed by atoms with van der Waals surface area (Å²) < 4.78 is 49.0. The van der Waals surface area contributed by atoms with Gasteiger partial charge in [0.1, 0.15) is 36.6 Å². The van der Waals surface area contributed by atoms with Crippen molar-refractivity contribution >= 4 is 38.5 Å². The fourth-order valence-electron chi connectivity index (χ4n) is 3.69. The van der Waals surface area contributed by atoms with E-state index < -0.39 is 82.7 Å². The van der Waals surface area contributed by atoms with Crippen molar-refractivity contribution in [3.05, 3.63) is 16.7 Å². The second kappa shape index (κ2) is 10.4. The third-order valence-electron chi connectivity index (χ3n) is 5.54. The van der Waals surface area contributed by atoms with Crippen LogP contribution in [0.4, 0.5) is 5.95 Å². The number of phosphoric acid groups is 2. The number of ketones is 1. The fourth-order valence-corrected chi connectivity index (χ4v) is 5.85. The van der Waals surface area contributed by atoms with Crippen molar-refractivity contribution in [1.29, 1.82) is 0 Å². The van der Waals surface area contributed by atoms with Gasteiger partial charge in [0.05, 0.1) is 12.9 Å². The van der Waals surface area contributed by atoms with E-state index in [9.17, 15) is 48.9 Å². The van der Waals surface area contributed by atoms with Crippen LogP contribution in [0.3, 0.4) is 0 Å². The molecule has 2 aromatic heterocycles. The van der Waals surface area contributed by atoms with Crippen molar-refractivity contribution in [2.75, 3.05) is 12.3 Å². The number of fused-ring (bicyclic) bond motifs is 1. The molecule has 0 aromatic carbocycles. The van der Waals surface area contributed by atoms with Crippen molar-refractivity contribution in [1.82, 2.24) is 19.5 Å². The number of hydrogen-bond donors (Lipinski definition) is 8. The van der Waals surface area contributed by atoms with E-state index in [0.717, 1.165) is 17.8 Å². The second-order valence-electron chi connectivity index (χ2n) is 8.23. The molecule has 2 aliphatic rings. The zero-order valence-electron chi connectivity index (χ0n) is 19.1. The number of Topliss-reactive ketones (excluding diaryl/α,β-unsaturated/α-hetero) is 1. The number of nitrogens with two attached hydrogens (primary N) is 1. The van der Waals surface area contributed by atoms with Gasteiger partial charge in [-0.2, -0.15) is 9.29 Å². The van der Waals surface area contributed by atoms with E-state index in [0.29, 0.717) is 0 Å². The Morgan fingerprint density at radius 3 is 2.47 bits per heavy atom. The normalized spacial score (nSPS) is 35.3. The summed E-state index contributed by atoms with van der Waals surface area (Å²) in [6, 6.07) is 0. The number of anilines is 1. The van der Waals surface area contributed by atoms with E-state index in [1.165, 1.54) is 0 Å². The first-order chi connectivity index (χ1) is 17.6. The van der Waals surface area contributed by atoms with Gasteiger partial charge in [-0.25, -0.2) is 14.1 Å². The number of phosphoric ester groups is 2. The van der Waals surface area contributed by atoms with Crippen molar-refractivity contribution in [3.63, 3.8) is 0 Å². The third-order valence-corrected chi connectivity index (χ3v) is 8.14. The van der Waals surface area contributed by atoms with Crippen molar-refractivity contribution in [2.24, 2.45) is 0 Å². The second-order valence-corrected chi connectivity index (χ2v) is 11.2. The van der Waals surface area contributed by atoms with Crippen LogP contribution in [0.1, 0.15) is 13.2 Å². The van der Waals surface area contributed by atoms with Gasteiger partial charge in [-0.05, 0) is 6.92 Å². The Balaban J connectivity index is 1.40. The molecule has 2 aliphatic heterocycles. The van der Waals surface area contributed by atoms with Gasteiger partial charge in [0.25, 0.3) is 5.56 Å². The number of aliphatic hydroxyl groups excluding tert-OH is 4. The molecule has 9 N–H and O–H groups in total. The van der Waals surface area contributed by atoms with E-state index in [1.54, 1.807) is 0 Å². The average Bonchev–Trinajstić information content (AvgIpc) is 3.35. The first kappa shape index (κ1) is 28.8. The van der Waals surface area contributed by atoms with Crippen LogP contribution < -0.4 is 11.3 Å². The van der Waals surface area contributed by atoms with Crippen LogP contribution in [0, 0.1) is 0 Å². The first-order valence-corrected chi connectivity index (χ1v) is 13.6. The number of hydrogen-bond acceptors (Lipinski definition) is 16. The largest absolute Gasteiger partial charge is 0.483 e. The van der Waals surface area contributed by atoms with Crippen LogP contribution >= 0.6 is 15.6 Å². The highest BCUT2D eigenvalue weighted by molar-refractivity contribution is 7.61. The summed E-state index contributed by atoms with van der Waals surface area (Å²) in [6.07, 6.45) is -12.9. The van der Waals surface area contributed by atoms with Crippen molar-refractivity contribution in [3.8, 4) is 0 Å². The molecule has 10 atom stereocenters. The molecule has 4 rings (SSSR count). The van der Waals surface area contributed by atoms with Gasteiger partial charge < -0.3 is 45.4 Å². The molecule has 0 radical (unpaired) electrons. The molecule has 0 amide bonds. The lowest BCUT2D eigenvalue weighted by Gasteiger charge is -2.34. The lowest BCUT2D eigenvalue weighted by atomic mass is 10.0. The molecular formula is C16H23N5O15P2. The van der Waals surface area contributed by atoms with Gasteiger partial charge >= 0.3 is 15.6 Å². The number of aromatic nitrogens is 4. The molecule has 0 spiro atoms. The predicted octanol–water partition coefficient (Wildman–Crippen LogP) is -3.39. The van der Waals surface area contributed by atoms with Crippen LogP contribution in [0.25, 0.3) is 11.2 Å². The highest BCUT2D eigenvalue weighted by Gasteiger charge is 2.49. The number of imidazole rings is 1. The predicted molar refractivity (Wildman–Crippen MR) is 118 cm³/mol. The molecular weight excluding hydrogens is 564 g/mol. The minimum absolute atomic E-state index is 0.105. The number of H-pyrrole nitrogens is 1. The maximum Gasteiger partial charge on any atom is 0.483 e. The van der Waals surface area contributed by atoms with Crippen LogP contribution in [-0.4, -0.2) is 105 Å². The van der Waals surface area contributed by atoms with E-state index in [4.69, 9.17) is 15.2 Å². The minimum Gasteiger partial charge on any atom is -0.387 e. The summed E-state index contributed by atoms with van der Waals surface area (Å²) in [5, 5.41) is 40.2. The van der Waals surface area contributed by atoms with Gasteiger partial charge in [-0.3, -0.25) is 28.2 Å². The van der Waals surface area contributed by atoms with Gasteiger partial charge in [0.2, 0.25) is 5.95 Å². The topological polar surface area (TPSA) is 308 Å². The molecule has 2 saturated heterocycles. The number of nitrogens with one attached hydrogen (secondary N) is 1. The number of rotatable bonds is 8. The number of carbonyl (C=O) groups excluding carboxylic acids is 1. The average molecular weight is 587 g/mol. The molecule has 4 heterocycles. The molecule has 0 aliphatic carbocycles. The summed E-state index contributed by atoms with van der Waals surface area (Å²) in [4.78, 5) is 53.2. The summed E-state index contributed by atoms with van der Waals surface area (Å²) in [5.74, 6) is -1.21. The molecule has 3 unspecified atom stereocenters. The number of carbonyl (C=O) groups is 1. The molecule has 20 nitrogen and oxygen atoms in total. The third kappa shape index (κ3) is 5.73. The van der Waals surface area contributed by atoms with E-state index in [-0.39, 0.29) is 17.1 Å². The van der Waals surface area contributed by atoms with Gasteiger partial charge in [-0.1, -0.05) is 0 Å². The summed E-state index contributed by atoms with van der Waals surface area (Å²) >= 11 is 0.